The van der Waals surface area contributed by atoms with E-state index in [1.54, 1.807) is 7.11 Å². The summed E-state index contributed by atoms with van der Waals surface area (Å²) in [6.45, 7) is 1.96. The van der Waals surface area contributed by atoms with Crippen LogP contribution in [0.4, 0.5) is 5.82 Å². The van der Waals surface area contributed by atoms with Crippen molar-refractivity contribution in [3.8, 4) is 5.75 Å². The number of benzene rings is 1. The zero-order valence-corrected chi connectivity index (χ0v) is 8.74. The van der Waals surface area contributed by atoms with Crippen molar-refractivity contribution in [3.63, 3.8) is 0 Å². The van der Waals surface area contributed by atoms with Crippen LogP contribution in [0.25, 0.3) is 10.9 Å². The summed E-state index contributed by atoms with van der Waals surface area (Å²) in [5.41, 5.74) is 4.48. The molecule has 0 aliphatic rings. The van der Waals surface area contributed by atoms with Gasteiger partial charge >= 0.3 is 0 Å². The largest absolute Gasteiger partial charge is 0.497 e. The zero-order valence-electron chi connectivity index (χ0n) is 8.74. The fourth-order valence-corrected chi connectivity index (χ4v) is 1.53. The van der Waals surface area contributed by atoms with E-state index in [2.05, 4.69) is 10.4 Å². The van der Waals surface area contributed by atoms with Gasteiger partial charge in [-0.3, -0.25) is 0 Å². The van der Waals surface area contributed by atoms with Crippen LogP contribution in [-0.2, 0) is 0 Å². The number of nitrogens with one attached hydrogen (secondary N) is 1. The van der Waals surface area contributed by atoms with Crippen molar-refractivity contribution in [1.82, 2.24) is 4.98 Å². The van der Waals surface area contributed by atoms with Gasteiger partial charge < -0.3 is 10.2 Å². The minimum atomic E-state index is 0.702. The summed E-state index contributed by atoms with van der Waals surface area (Å²) in [5.74, 6) is 6.89. The molecule has 0 saturated heterocycles. The predicted octanol–water partition coefficient (Wildman–Crippen LogP) is 1.84. The Kier molecular flexibility index (Phi) is 2.43. The molecule has 0 aliphatic heterocycles. The van der Waals surface area contributed by atoms with Crippen molar-refractivity contribution >= 4 is 16.7 Å². The Morgan fingerprint density at radius 1 is 1.33 bits per heavy atom. The van der Waals surface area contributed by atoms with Gasteiger partial charge in [-0.1, -0.05) is 0 Å². The van der Waals surface area contributed by atoms with E-state index >= 15 is 0 Å². The lowest BCUT2D eigenvalue weighted by Gasteiger charge is -2.07. The molecule has 0 unspecified atom stereocenters. The summed E-state index contributed by atoms with van der Waals surface area (Å²) in [6.07, 6.45) is 0. The number of hydrazine groups is 1. The van der Waals surface area contributed by atoms with Gasteiger partial charge in [0.2, 0.25) is 0 Å². The second-order valence-electron chi connectivity index (χ2n) is 3.36. The molecule has 1 heterocycles. The average Bonchev–Trinajstić information content (AvgIpc) is 2.27. The minimum Gasteiger partial charge on any atom is -0.497 e. The van der Waals surface area contributed by atoms with Crippen LogP contribution in [0.5, 0.6) is 5.75 Å². The number of hydrogen-bond donors (Lipinski definition) is 2. The van der Waals surface area contributed by atoms with Crippen molar-refractivity contribution in [1.29, 1.82) is 0 Å². The van der Waals surface area contributed by atoms with Gasteiger partial charge in [-0.15, -0.1) is 0 Å². The lowest BCUT2D eigenvalue weighted by molar-refractivity contribution is 0.415. The number of methoxy groups -OCH3 is 1. The molecule has 15 heavy (non-hydrogen) atoms. The van der Waals surface area contributed by atoms with Crippen LogP contribution in [0.1, 0.15) is 5.56 Å². The maximum absolute atomic E-state index is 5.36. The molecule has 2 aromatic rings. The Labute approximate surface area is 88.0 Å². The maximum atomic E-state index is 5.36. The van der Waals surface area contributed by atoms with Gasteiger partial charge in [0.05, 0.1) is 12.6 Å². The van der Waals surface area contributed by atoms with Gasteiger partial charge in [0.25, 0.3) is 0 Å². The Morgan fingerprint density at radius 3 is 2.80 bits per heavy atom. The third kappa shape index (κ3) is 1.71. The molecule has 0 aliphatic carbocycles. The molecule has 0 bridgehead atoms. The second-order valence-corrected chi connectivity index (χ2v) is 3.36. The Morgan fingerprint density at radius 2 is 2.13 bits per heavy atom. The molecular weight excluding hydrogens is 190 g/mol. The van der Waals surface area contributed by atoms with E-state index in [1.807, 2.05) is 31.2 Å². The lowest BCUT2D eigenvalue weighted by atomic mass is 10.1. The van der Waals surface area contributed by atoms with Crippen molar-refractivity contribution in [2.24, 2.45) is 5.84 Å². The van der Waals surface area contributed by atoms with E-state index in [4.69, 9.17) is 10.6 Å². The summed E-state index contributed by atoms with van der Waals surface area (Å²) < 4.78 is 5.15. The topological polar surface area (TPSA) is 60.2 Å². The maximum Gasteiger partial charge on any atom is 0.143 e. The van der Waals surface area contributed by atoms with Crippen LogP contribution in [-0.4, -0.2) is 12.1 Å². The summed E-state index contributed by atoms with van der Waals surface area (Å²) in [7, 11) is 1.65. The highest BCUT2D eigenvalue weighted by Gasteiger charge is 2.02. The van der Waals surface area contributed by atoms with Gasteiger partial charge in [-0.25, -0.2) is 10.8 Å². The van der Waals surface area contributed by atoms with E-state index in [1.165, 1.54) is 0 Å². The number of aromatic nitrogens is 1. The number of anilines is 1. The molecule has 0 saturated carbocycles. The van der Waals surface area contributed by atoms with Crippen LogP contribution >= 0.6 is 0 Å². The van der Waals surface area contributed by atoms with Crippen LogP contribution in [0.15, 0.2) is 24.3 Å². The third-order valence-corrected chi connectivity index (χ3v) is 2.35. The van der Waals surface area contributed by atoms with Crippen LogP contribution in [0.2, 0.25) is 0 Å². The summed E-state index contributed by atoms with van der Waals surface area (Å²) >= 11 is 0. The molecule has 78 valence electrons. The molecule has 0 fully saturated rings. The van der Waals surface area contributed by atoms with Crippen LogP contribution in [0.3, 0.4) is 0 Å². The first-order chi connectivity index (χ1) is 7.24. The smallest absolute Gasteiger partial charge is 0.143 e. The monoisotopic (exact) mass is 203 g/mol. The summed E-state index contributed by atoms with van der Waals surface area (Å²) in [4.78, 5) is 4.38. The van der Waals surface area contributed by atoms with E-state index < -0.39 is 0 Å². The fraction of sp³-hybridized carbons (Fsp3) is 0.182. The van der Waals surface area contributed by atoms with Crippen LogP contribution in [0, 0.1) is 6.92 Å². The van der Waals surface area contributed by atoms with Crippen LogP contribution < -0.4 is 16.0 Å². The predicted molar refractivity (Wildman–Crippen MR) is 60.8 cm³/mol. The Balaban J connectivity index is 2.65. The normalized spacial score (nSPS) is 10.3. The molecule has 0 atom stereocenters. The van der Waals surface area contributed by atoms with Gasteiger partial charge in [0, 0.05) is 5.39 Å². The number of nitrogen functional groups attached to an aromatic ring is 1. The fourth-order valence-electron chi connectivity index (χ4n) is 1.53. The van der Waals surface area contributed by atoms with Gasteiger partial charge in [-0.05, 0) is 36.8 Å². The zero-order chi connectivity index (χ0) is 10.8. The van der Waals surface area contributed by atoms with Crippen molar-refractivity contribution in [3.05, 3.63) is 29.8 Å². The van der Waals surface area contributed by atoms with Gasteiger partial charge in [0.1, 0.15) is 11.6 Å². The Hall–Kier alpha value is -1.81. The molecule has 0 spiro atoms. The number of pyridine rings is 1. The summed E-state index contributed by atoms with van der Waals surface area (Å²) in [5, 5.41) is 1.05. The molecule has 1 aromatic heterocycles. The molecule has 1 aromatic carbocycles. The van der Waals surface area contributed by atoms with E-state index in [9.17, 15) is 0 Å². The SMILES string of the molecule is COc1ccc2nc(NN)c(C)cc2c1. The number of rotatable bonds is 2. The molecule has 2 rings (SSSR count). The highest BCUT2D eigenvalue weighted by Crippen LogP contribution is 2.23. The van der Waals surface area contributed by atoms with Crippen molar-refractivity contribution < 1.29 is 4.74 Å². The number of hydrogen-bond acceptors (Lipinski definition) is 4. The van der Waals surface area contributed by atoms with Crippen molar-refractivity contribution in [2.75, 3.05) is 12.5 Å². The number of nitrogens with zero attached hydrogens (tertiary/aromatic N) is 1. The molecular formula is C11H13N3O. The number of ether oxygens (including phenoxy) is 1. The molecule has 0 amide bonds. The highest BCUT2D eigenvalue weighted by molar-refractivity contribution is 5.83. The van der Waals surface area contributed by atoms with E-state index in [-0.39, 0.29) is 0 Å². The quantitative estimate of drug-likeness (QED) is 0.577. The lowest BCUT2D eigenvalue weighted by Crippen LogP contribution is -2.10. The third-order valence-electron chi connectivity index (χ3n) is 2.35. The second kappa shape index (κ2) is 3.74. The summed E-state index contributed by atoms with van der Waals surface area (Å²) in [6, 6.07) is 7.77. The first-order valence-electron chi connectivity index (χ1n) is 4.66. The molecule has 3 N–H and O–H groups in total. The number of nitrogens with two attached hydrogens (primary N) is 1. The first-order valence-corrected chi connectivity index (χ1v) is 4.66. The standard InChI is InChI=1S/C11H13N3O/c1-7-5-8-6-9(15-2)3-4-10(8)13-11(7)14-12/h3-6H,12H2,1-2H3,(H,13,14). The van der Waals surface area contributed by atoms with E-state index in [0.717, 1.165) is 22.2 Å². The van der Waals surface area contributed by atoms with Gasteiger partial charge in [0.15, 0.2) is 0 Å². The Bertz CT molecular complexity index is 496. The average molecular weight is 203 g/mol. The molecule has 4 heteroatoms. The number of aryl methyl sites for hydroxylation is 1. The van der Waals surface area contributed by atoms with E-state index in [0.29, 0.717) is 5.82 Å². The molecule has 4 nitrogen and oxygen atoms in total. The molecule has 0 radical (unpaired) electrons. The first kappa shape index (κ1) is 9.73. The number of fused-ring (bicyclic) bond motifs is 1. The highest BCUT2D eigenvalue weighted by atomic mass is 16.5. The minimum absolute atomic E-state index is 0.702. The van der Waals surface area contributed by atoms with Crippen molar-refractivity contribution in [2.45, 2.75) is 6.92 Å². The van der Waals surface area contributed by atoms with Gasteiger partial charge in [-0.2, -0.15) is 0 Å².